The van der Waals surface area contributed by atoms with Gasteiger partial charge in [0.25, 0.3) is 5.91 Å². The van der Waals surface area contributed by atoms with E-state index in [1.165, 1.54) is 0 Å². The van der Waals surface area contributed by atoms with Crippen molar-refractivity contribution >= 4 is 28.5 Å². The van der Waals surface area contributed by atoms with Crippen LogP contribution in [0.5, 0.6) is 0 Å². The van der Waals surface area contributed by atoms with E-state index in [0.29, 0.717) is 17.1 Å². The molecule has 1 aliphatic heterocycles. The Morgan fingerprint density at radius 2 is 2.00 bits per heavy atom. The first kappa shape index (κ1) is 18.0. The van der Waals surface area contributed by atoms with Crippen LogP contribution in [0.1, 0.15) is 41.1 Å². The summed E-state index contributed by atoms with van der Waals surface area (Å²) in [7, 11) is 0. The molecule has 6 heteroatoms. The van der Waals surface area contributed by atoms with E-state index in [0.717, 1.165) is 35.4 Å². The molecule has 1 amide bonds. The zero-order chi connectivity index (χ0) is 19.1. The number of aromatic nitrogens is 2. The zero-order valence-corrected chi connectivity index (χ0v) is 16.3. The molecule has 140 valence electrons. The van der Waals surface area contributed by atoms with E-state index in [1.54, 1.807) is 0 Å². The van der Waals surface area contributed by atoms with E-state index in [1.807, 2.05) is 54.3 Å². The molecule has 0 bridgehead atoms. The maximum absolute atomic E-state index is 12.6. The van der Waals surface area contributed by atoms with Crippen LogP contribution in [0.4, 0.5) is 0 Å². The van der Waals surface area contributed by atoms with Crippen LogP contribution in [-0.2, 0) is 0 Å². The second kappa shape index (κ2) is 6.98. The number of hydrogen-bond donors (Lipinski definition) is 1. The molecule has 2 aromatic carbocycles. The molecule has 1 fully saturated rings. The smallest absolute Gasteiger partial charge is 0.253 e. The lowest BCUT2D eigenvalue weighted by Gasteiger charge is -2.19. The van der Waals surface area contributed by atoms with Crippen LogP contribution in [0.3, 0.4) is 0 Å². The Morgan fingerprint density at radius 3 is 2.67 bits per heavy atom. The molecule has 0 radical (unpaired) electrons. The number of hydrogen-bond acceptors (Lipinski definition) is 3. The van der Waals surface area contributed by atoms with Crippen molar-refractivity contribution in [3.05, 3.63) is 64.4 Å². The Morgan fingerprint density at radius 1 is 1.26 bits per heavy atom. The third kappa shape index (κ3) is 3.33. The van der Waals surface area contributed by atoms with Gasteiger partial charge < -0.3 is 15.2 Å². The molecule has 2 heterocycles. The van der Waals surface area contributed by atoms with Crippen LogP contribution in [-0.4, -0.2) is 39.5 Å². The molecule has 0 aliphatic carbocycles. The van der Waals surface area contributed by atoms with Gasteiger partial charge in [-0.05, 0) is 56.2 Å². The molecule has 1 saturated heterocycles. The molecule has 3 aromatic rings. The highest BCUT2D eigenvalue weighted by Crippen LogP contribution is 2.28. The minimum absolute atomic E-state index is 0.0539. The van der Waals surface area contributed by atoms with Crippen LogP contribution < -0.4 is 5.73 Å². The number of carbonyl (C=O) groups excluding carboxylic acids is 1. The Labute approximate surface area is 163 Å². The number of nitrogens with two attached hydrogens (primary N) is 1. The van der Waals surface area contributed by atoms with Crippen LogP contribution in [0, 0.1) is 6.92 Å². The van der Waals surface area contributed by atoms with Crippen molar-refractivity contribution in [2.75, 3.05) is 13.1 Å². The zero-order valence-electron chi connectivity index (χ0n) is 15.5. The molecule has 4 rings (SSSR count). The number of amides is 1. The number of rotatable bonds is 3. The predicted octanol–water partition coefficient (Wildman–Crippen LogP) is 3.78. The number of aryl methyl sites for hydroxylation is 1. The van der Waals surface area contributed by atoms with E-state index >= 15 is 0 Å². The molecule has 5 nitrogen and oxygen atoms in total. The Hall–Kier alpha value is -2.37. The summed E-state index contributed by atoms with van der Waals surface area (Å²) in [6, 6.07) is 13.8. The summed E-state index contributed by atoms with van der Waals surface area (Å²) in [5.41, 5.74) is 9.68. The number of halogens is 1. The van der Waals surface area contributed by atoms with Crippen LogP contribution >= 0.6 is 11.6 Å². The molecule has 0 spiro atoms. The standard InChI is InChI=1S/C21H23ClN4O/c1-13(26-14(2)24-19-8-7-17(22)11-20(19)26)15-3-5-16(6-4-15)21(27)25-10-9-18(23)12-25/h3-8,11,13,18H,9-10,12,23H2,1-2H3/t13-,18+/m1/s1. The Balaban J connectivity index is 1.62. The summed E-state index contributed by atoms with van der Waals surface area (Å²) in [4.78, 5) is 19.1. The molecular formula is C21H23ClN4O. The van der Waals surface area contributed by atoms with Gasteiger partial charge in [-0.15, -0.1) is 0 Å². The molecule has 0 saturated carbocycles. The number of benzene rings is 2. The van der Waals surface area contributed by atoms with Crippen molar-refractivity contribution in [2.24, 2.45) is 5.73 Å². The highest BCUT2D eigenvalue weighted by atomic mass is 35.5. The van der Waals surface area contributed by atoms with Crippen molar-refractivity contribution in [3.63, 3.8) is 0 Å². The van der Waals surface area contributed by atoms with E-state index in [2.05, 4.69) is 16.5 Å². The highest BCUT2D eigenvalue weighted by molar-refractivity contribution is 6.31. The lowest BCUT2D eigenvalue weighted by atomic mass is 10.0. The van der Waals surface area contributed by atoms with Gasteiger partial charge in [0.2, 0.25) is 0 Å². The average Bonchev–Trinajstić information content (AvgIpc) is 3.23. The Bertz CT molecular complexity index is 995. The van der Waals surface area contributed by atoms with Gasteiger partial charge in [-0.2, -0.15) is 0 Å². The fourth-order valence-electron chi connectivity index (χ4n) is 3.88. The van der Waals surface area contributed by atoms with E-state index < -0.39 is 0 Å². The fourth-order valence-corrected chi connectivity index (χ4v) is 4.05. The Kier molecular flexibility index (Phi) is 4.66. The van der Waals surface area contributed by atoms with Gasteiger partial charge in [0.1, 0.15) is 5.82 Å². The van der Waals surface area contributed by atoms with Crippen molar-refractivity contribution in [3.8, 4) is 0 Å². The minimum Gasteiger partial charge on any atom is -0.337 e. The number of fused-ring (bicyclic) bond motifs is 1. The van der Waals surface area contributed by atoms with E-state index in [9.17, 15) is 4.79 Å². The van der Waals surface area contributed by atoms with Gasteiger partial charge in [-0.3, -0.25) is 4.79 Å². The lowest BCUT2D eigenvalue weighted by molar-refractivity contribution is 0.0791. The molecule has 1 aliphatic rings. The van der Waals surface area contributed by atoms with Crippen LogP contribution in [0.25, 0.3) is 11.0 Å². The van der Waals surface area contributed by atoms with Gasteiger partial charge in [0, 0.05) is 29.7 Å². The van der Waals surface area contributed by atoms with Gasteiger partial charge in [0.15, 0.2) is 0 Å². The summed E-state index contributed by atoms with van der Waals surface area (Å²) >= 11 is 6.19. The number of carbonyl (C=O) groups is 1. The summed E-state index contributed by atoms with van der Waals surface area (Å²) in [5.74, 6) is 0.990. The first-order valence-corrected chi connectivity index (χ1v) is 9.61. The van der Waals surface area contributed by atoms with Crippen molar-refractivity contribution in [1.29, 1.82) is 0 Å². The molecule has 1 aromatic heterocycles. The average molecular weight is 383 g/mol. The predicted molar refractivity (Wildman–Crippen MR) is 108 cm³/mol. The molecular weight excluding hydrogens is 360 g/mol. The fraction of sp³-hybridized carbons (Fsp3) is 0.333. The molecule has 0 unspecified atom stereocenters. The van der Waals surface area contributed by atoms with Gasteiger partial charge in [-0.25, -0.2) is 4.98 Å². The minimum atomic E-state index is 0.0539. The molecule has 2 N–H and O–H groups in total. The van der Waals surface area contributed by atoms with Crippen molar-refractivity contribution in [1.82, 2.24) is 14.5 Å². The largest absolute Gasteiger partial charge is 0.337 e. The highest BCUT2D eigenvalue weighted by Gasteiger charge is 2.24. The summed E-state index contributed by atoms with van der Waals surface area (Å²) in [5, 5.41) is 0.695. The summed E-state index contributed by atoms with van der Waals surface area (Å²) in [6.07, 6.45) is 0.871. The van der Waals surface area contributed by atoms with E-state index in [4.69, 9.17) is 17.3 Å². The first-order valence-electron chi connectivity index (χ1n) is 9.23. The second-order valence-electron chi connectivity index (χ2n) is 7.26. The van der Waals surface area contributed by atoms with Crippen molar-refractivity contribution in [2.45, 2.75) is 32.4 Å². The van der Waals surface area contributed by atoms with Gasteiger partial charge in [-0.1, -0.05) is 23.7 Å². The maximum Gasteiger partial charge on any atom is 0.253 e. The third-order valence-electron chi connectivity index (χ3n) is 5.37. The maximum atomic E-state index is 12.6. The van der Waals surface area contributed by atoms with Crippen LogP contribution in [0.2, 0.25) is 5.02 Å². The molecule has 2 atom stereocenters. The van der Waals surface area contributed by atoms with Crippen molar-refractivity contribution < 1.29 is 4.79 Å². The quantitative estimate of drug-likeness (QED) is 0.749. The normalized spacial score (nSPS) is 18.2. The SMILES string of the molecule is Cc1nc2ccc(Cl)cc2n1[C@H](C)c1ccc(C(=O)N2CC[C@H](N)C2)cc1. The summed E-state index contributed by atoms with van der Waals surface area (Å²) in [6.45, 7) is 5.50. The molecule has 27 heavy (non-hydrogen) atoms. The number of nitrogens with zero attached hydrogens (tertiary/aromatic N) is 3. The number of likely N-dealkylation sites (tertiary alicyclic amines) is 1. The topological polar surface area (TPSA) is 64.2 Å². The summed E-state index contributed by atoms with van der Waals surface area (Å²) < 4.78 is 2.18. The second-order valence-corrected chi connectivity index (χ2v) is 7.70. The van der Waals surface area contributed by atoms with Gasteiger partial charge in [0.05, 0.1) is 17.1 Å². The lowest BCUT2D eigenvalue weighted by Crippen LogP contribution is -2.31. The van der Waals surface area contributed by atoms with E-state index in [-0.39, 0.29) is 18.0 Å². The monoisotopic (exact) mass is 382 g/mol. The first-order chi connectivity index (χ1) is 12.9. The van der Waals surface area contributed by atoms with Crippen LogP contribution in [0.15, 0.2) is 42.5 Å². The number of imidazole rings is 1. The van der Waals surface area contributed by atoms with Gasteiger partial charge >= 0.3 is 0 Å². The third-order valence-corrected chi connectivity index (χ3v) is 5.60.